The normalized spacial score (nSPS) is 17.2. The Bertz CT molecular complexity index is 1200. The molecule has 0 aliphatic carbocycles. The average molecular weight is 363 g/mol. The summed E-state index contributed by atoms with van der Waals surface area (Å²) < 4.78 is 8.53. The van der Waals surface area contributed by atoms with E-state index in [0.717, 1.165) is 24.3 Å². The summed E-state index contributed by atoms with van der Waals surface area (Å²) in [4.78, 5) is 27.0. The van der Waals surface area contributed by atoms with Gasteiger partial charge in [0, 0.05) is 12.7 Å². The van der Waals surface area contributed by atoms with E-state index >= 15 is 0 Å². The van der Waals surface area contributed by atoms with E-state index in [1.807, 2.05) is 34.9 Å². The first kappa shape index (κ1) is 15.8. The van der Waals surface area contributed by atoms with Crippen LogP contribution in [0.3, 0.4) is 0 Å². The second-order valence-corrected chi connectivity index (χ2v) is 6.65. The number of pyridine rings is 1. The van der Waals surface area contributed by atoms with Crippen LogP contribution in [0.4, 0.5) is 0 Å². The lowest BCUT2D eigenvalue weighted by atomic mass is 10.2. The Morgan fingerprint density at radius 2 is 2.00 bits per heavy atom. The lowest BCUT2D eigenvalue weighted by Gasteiger charge is -2.23. The molecule has 8 heteroatoms. The molecule has 27 heavy (non-hydrogen) atoms. The van der Waals surface area contributed by atoms with E-state index in [1.54, 1.807) is 23.1 Å². The molecule has 0 saturated carbocycles. The number of para-hydroxylation sites is 2. The fraction of sp³-hybridized carbons (Fsp3) is 0.263. The number of hydrogen-bond acceptors (Lipinski definition) is 5. The quantitative estimate of drug-likeness (QED) is 0.556. The molecule has 0 spiro atoms. The van der Waals surface area contributed by atoms with Crippen molar-refractivity contribution < 1.29 is 9.21 Å². The van der Waals surface area contributed by atoms with Crippen LogP contribution in [0.5, 0.6) is 0 Å². The maximum atomic E-state index is 13.0. The standard InChI is InChI=1S/C19H17N5O3/c25-17(12-24-13-6-1-2-8-15(13)27-19(24)26)22-11-5-7-14(22)18-21-20-16-9-3-4-10-23(16)18/h1-4,6,8-10,14H,5,7,11-12H2/t14-/m1/s1. The molecular formula is C19H17N5O3. The summed E-state index contributed by atoms with van der Waals surface area (Å²) >= 11 is 0. The molecule has 0 radical (unpaired) electrons. The molecule has 1 aromatic carbocycles. The molecule has 136 valence electrons. The van der Waals surface area contributed by atoms with Gasteiger partial charge in [0.15, 0.2) is 17.1 Å². The smallest absolute Gasteiger partial charge is 0.408 e. The zero-order valence-corrected chi connectivity index (χ0v) is 14.5. The van der Waals surface area contributed by atoms with Gasteiger partial charge in [-0.3, -0.25) is 13.8 Å². The van der Waals surface area contributed by atoms with Crippen molar-refractivity contribution in [2.75, 3.05) is 6.54 Å². The highest BCUT2D eigenvalue weighted by atomic mass is 16.4. The summed E-state index contributed by atoms with van der Waals surface area (Å²) in [5.41, 5.74) is 1.86. The molecule has 0 unspecified atom stereocenters. The average Bonchev–Trinajstić information content (AvgIpc) is 3.39. The van der Waals surface area contributed by atoms with E-state index in [9.17, 15) is 9.59 Å². The van der Waals surface area contributed by atoms with Crippen molar-refractivity contribution in [2.24, 2.45) is 0 Å². The van der Waals surface area contributed by atoms with Crippen molar-refractivity contribution in [3.63, 3.8) is 0 Å². The number of nitrogens with zero attached hydrogens (tertiary/aromatic N) is 5. The third-order valence-electron chi connectivity index (χ3n) is 5.08. The number of amides is 1. The van der Waals surface area contributed by atoms with Crippen LogP contribution in [0.1, 0.15) is 24.7 Å². The number of carbonyl (C=O) groups is 1. The van der Waals surface area contributed by atoms with Crippen molar-refractivity contribution in [3.8, 4) is 0 Å². The number of rotatable bonds is 3. The summed E-state index contributed by atoms with van der Waals surface area (Å²) in [5.74, 6) is 0.105. The Balaban J connectivity index is 1.47. The molecule has 5 rings (SSSR count). The molecule has 0 bridgehead atoms. The molecule has 4 aromatic rings. The minimum Gasteiger partial charge on any atom is -0.408 e. The van der Waals surface area contributed by atoms with Crippen LogP contribution >= 0.6 is 0 Å². The van der Waals surface area contributed by atoms with Crippen LogP contribution < -0.4 is 5.76 Å². The molecule has 0 N–H and O–H groups in total. The largest absolute Gasteiger partial charge is 0.420 e. The van der Waals surface area contributed by atoms with E-state index in [0.29, 0.717) is 17.6 Å². The number of carbonyl (C=O) groups excluding carboxylic acids is 1. The highest BCUT2D eigenvalue weighted by Gasteiger charge is 2.33. The summed E-state index contributed by atoms with van der Waals surface area (Å²) in [5, 5.41) is 8.50. The fourth-order valence-electron chi connectivity index (χ4n) is 3.81. The second-order valence-electron chi connectivity index (χ2n) is 6.65. The van der Waals surface area contributed by atoms with Gasteiger partial charge in [0.1, 0.15) is 6.54 Å². The number of fused-ring (bicyclic) bond motifs is 2. The Morgan fingerprint density at radius 3 is 2.93 bits per heavy atom. The molecule has 1 atom stereocenters. The maximum absolute atomic E-state index is 13.0. The number of hydrogen-bond donors (Lipinski definition) is 0. The van der Waals surface area contributed by atoms with Gasteiger partial charge in [-0.05, 0) is 37.1 Å². The molecule has 4 heterocycles. The van der Waals surface area contributed by atoms with Gasteiger partial charge >= 0.3 is 5.76 Å². The summed E-state index contributed by atoms with van der Waals surface area (Å²) in [7, 11) is 0. The van der Waals surface area contributed by atoms with Crippen LogP contribution in [-0.2, 0) is 11.3 Å². The van der Waals surface area contributed by atoms with Crippen LogP contribution in [0.15, 0.2) is 57.9 Å². The number of aromatic nitrogens is 4. The molecule has 1 fully saturated rings. The minimum absolute atomic E-state index is 0.0525. The van der Waals surface area contributed by atoms with Crippen molar-refractivity contribution in [1.29, 1.82) is 0 Å². The van der Waals surface area contributed by atoms with Gasteiger partial charge in [-0.25, -0.2) is 4.79 Å². The number of oxazole rings is 1. The Kier molecular flexibility index (Phi) is 3.56. The zero-order valence-electron chi connectivity index (χ0n) is 14.5. The van der Waals surface area contributed by atoms with Crippen LogP contribution in [0.2, 0.25) is 0 Å². The Labute approximate surface area is 153 Å². The third kappa shape index (κ3) is 2.52. The highest BCUT2D eigenvalue weighted by Crippen LogP contribution is 2.31. The van der Waals surface area contributed by atoms with E-state index in [1.165, 1.54) is 4.57 Å². The van der Waals surface area contributed by atoms with Crippen molar-refractivity contribution >= 4 is 22.7 Å². The molecular weight excluding hydrogens is 346 g/mol. The SMILES string of the molecule is O=C(Cn1c(=O)oc2ccccc21)N1CCC[C@@H]1c1nnc2ccccn12. The molecule has 1 aliphatic heterocycles. The van der Waals surface area contributed by atoms with Crippen molar-refractivity contribution in [2.45, 2.75) is 25.4 Å². The molecule has 3 aromatic heterocycles. The predicted molar refractivity (Wildman–Crippen MR) is 97.1 cm³/mol. The maximum Gasteiger partial charge on any atom is 0.420 e. The van der Waals surface area contributed by atoms with Gasteiger partial charge in [-0.2, -0.15) is 0 Å². The molecule has 1 amide bonds. The highest BCUT2D eigenvalue weighted by molar-refractivity contribution is 5.80. The van der Waals surface area contributed by atoms with E-state index in [-0.39, 0.29) is 18.5 Å². The molecule has 8 nitrogen and oxygen atoms in total. The van der Waals surface area contributed by atoms with Crippen LogP contribution in [0.25, 0.3) is 16.7 Å². The van der Waals surface area contributed by atoms with E-state index < -0.39 is 5.76 Å². The second kappa shape index (κ2) is 6.08. The van der Waals surface area contributed by atoms with Gasteiger partial charge < -0.3 is 9.32 Å². The minimum atomic E-state index is -0.520. The first-order valence-electron chi connectivity index (χ1n) is 8.90. The van der Waals surface area contributed by atoms with Crippen molar-refractivity contribution in [3.05, 3.63) is 65.0 Å². The predicted octanol–water partition coefficient (Wildman–Crippen LogP) is 2.00. The van der Waals surface area contributed by atoms with Gasteiger partial charge in [0.05, 0.1) is 11.6 Å². The number of likely N-dealkylation sites (tertiary alicyclic amines) is 1. The first-order chi connectivity index (χ1) is 13.2. The summed E-state index contributed by atoms with van der Waals surface area (Å²) in [6.45, 7) is 0.582. The Hall–Kier alpha value is -3.42. The van der Waals surface area contributed by atoms with Gasteiger partial charge in [0.2, 0.25) is 5.91 Å². The van der Waals surface area contributed by atoms with Gasteiger partial charge in [0.25, 0.3) is 0 Å². The van der Waals surface area contributed by atoms with Crippen LogP contribution in [-0.4, -0.2) is 36.5 Å². The molecule has 1 saturated heterocycles. The lowest BCUT2D eigenvalue weighted by Crippen LogP contribution is -2.36. The van der Waals surface area contributed by atoms with E-state index in [4.69, 9.17) is 4.42 Å². The third-order valence-corrected chi connectivity index (χ3v) is 5.08. The zero-order chi connectivity index (χ0) is 18.4. The topological polar surface area (TPSA) is 85.6 Å². The Morgan fingerprint density at radius 1 is 1.15 bits per heavy atom. The summed E-state index contributed by atoms with van der Waals surface area (Å²) in [6.07, 6.45) is 3.61. The first-order valence-corrected chi connectivity index (χ1v) is 8.90. The lowest BCUT2D eigenvalue weighted by molar-refractivity contribution is -0.133. The molecule has 1 aliphatic rings. The monoisotopic (exact) mass is 363 g/mol. The summed E-state index contributed by atoms with van der Waals surface area (Å²) in [6, 6.07) is 12.7. The number of benzene rings is 1. The van der Waals surface area contributed by atoms with Gasteiger partial charge in [-0.1, -0.05) is 18.2 Å². The van der Waals surface area contributed by atoms with E-state index in [2.05, 4.69) is 10.2 Å². The van der Waals surface area contributed by atoms with Crippen LogP contribution in [0, 0.1) is 0 Å². The van der Waals surface area contributed by atoms with Crippen molar-refractivity contribution in [1.82, 2.24) is 24.1 Å². The fourth-order valence-corrected chi connectivity index (χ4v) is 3.81. The van der Waals surface area contributed by atoms with Gasteiger partial charge in [-0.15, -0.1) is 10.2 Å².